The molecule has 0 fully saturated rings. The van der Waals surface area contributed by atoms with E-state index in [0.29, 0.717) is 5.92 Å². The fraction of sp³-hybridized carbons (Fsp3) is 0.294. The zero-order valence-electron chi connectivity index (χ0n) is 10.6. The molecule has 0 aromatic heterocycles. The highest BCUT2D eigenvalue weighted by molar-refractivity contribution is 5.34. The molecule has 18 heavy (non-hydrogen) atoms. The van der Waals surface area contributed by atoms with E-state index in [1.807, 2.05) is 12.1 Å². The number of benzene rings is 2. The Bertz CT molecular complexity index is 517. The van der Waals surface area contributed by atoms with Gasteiger partial charge < -0.3 is 5.11 Å². The van der Waals surface area contributed by atoms with E-state index in [0.717, 1.165) is 18.4 Å². The highest BCUT2D eigenvalue weighted by atomic mass is 16.3. The monoisotopic (exact) mass is 238 g/mol. The molecule has 2 aromatic rings. The summed E-state index contributed by atoms with van der Waals surface area (Å²) in [5.74, 6) is 0.324. The largest absolute Gasteiger partial charge is 0.388 e. The van der Waals surface area contributed by atoms with Gasteiger partial charge in [0.2, 0.25) is 0 Å². The average molecular weight is 238 g/mol. The Balaban J connectivity index is 1.80. The zero-order chi connectivity index (χ0) is 12.5. The van der Waals surface area contributed by atoms with Crippen LogP contribution in [0.5, 0.6) is 0 Å². The molecule has 1 aliphatic rings. The van der Waals surface area contributed by atoms with Crippen LogP contribution < -0.4 is 0 Å². The Morgan fingerprint density at radius 3 is 2.06 bits per heavy atom. The van der Waals surface area contributed by atoms with Crippen molar-refractivity contribution in [2.45, 2.75) is 25.9 Å². The van der Waals surface area contributed by atoms with E-state index in [4.69, 9.17) is 0 Å². The van der Waals surface area contributed by atoms with Crippen molar-refractivity contribution >= 4 is 0 Å². The topological polar surface area (TPSA) is 20.2 Å². The van der Waals surface area contributed by atoms with Gasteiger partial charge in [-0.2, -0.15) is 0 Å². The minimum absolute atomic E-state index is 0.324. The smallest absolute Gasteiger partial charge is 0.0824 e. The van der Waals surface area contributed by atoms with Crippen LogP contribution in [0.1, 0.15) is 28.4 Å². The van der Waals surface area contributed by atoms with Crippen molar-refractivity contribution in [2.75, 3.05) is 0 Å². The van der Waals surface area contributed by atoms with E-state index in [-0.39, 0.29) is 6.10 Å². The van der Waals surface area contributed by atoms with Crippen LogP contribution in [0.15, 0.2) is 48.5 Å². The lowest BCUT2D eigenvalue weighted by atomic mass is 9.93. The first-order chi connectivity index (χ1) is 8.74. The lowest BCUT2D eigenvalue weighted by Gasteiger charge is -2.18. The van der Waals surface area contributed by atoms with Crippen LogP contribution in [0.25, 0.3) is 0 Å². The molecule has 0 radical (unpaired) electrons. The van der Waals surface area contributed by atoms with E-state index < -0.39 is 0 Å². The minimum atomic E-state index is -0.349. The van der Waals surface area contributed by atoms with E-state index in [1.165, 1.54) is 16.7 Å². The van der Waals surface area contributed by atoms with Crippen LogP contribution >= 0.6 is 0 Å². The van der Waals surface area contributed by atoms with Crippen LogP contribution in [0.2, 0.25) is 0 Å². The van der Waals surface area contributed by atoms with E-state index in [9.17, 15) is 5.11 Å². The Morgan fingerprint density at radius 2 is 1.50 bits per heavy atom. The Labute approximate surface area is 108 Å². The Hall–Kier alpha value is -1.60. The van der Waals surface area contributed by atoms with Crippen molar-refractivity contribution in [1.29, 1.82) is 0 Å². The molecule has 0 bridgehead atoms. The summed E-state index contributed by atoms with van der Waals surface area (Å²) in [6.07, 6.45) is 1.63. The second-order valence-corrected chi connectivity index (χ2v) is 5.29. The van der Waals surface area contributed by atoms with Crippen LogP contribution in [0, 0.1) is 12.8 Å². The quantitative estimate of drug-likeness (QED) is 0.849. The summed E-state index contributed by atoms with van der Waals surface area (Å²) >= 11 is 0. The Morgan fingerprint density at radius 1 is 0.944 bits per heavy atom. The van der Waals surface area contributed by atoms with Crippen molar-refractivity contribution in [1.82, 2.24) is 0 Å². The first kappa shape index (κ1) is 11.5. The molecule has 0 saturated heterocycles. The van der Waals surface area contributed by atoms with Crippen LogP contribution in [0.4, 0.5) is 0 Å². The molecule has 0 aliphatic heterocycles. The van der Waals surface area contributed by atoms with Crippen LogP contribution in [-0.4, -0.2) is 5.11 Å². The summed E-state index contributed by atoms with van der Waals surface area (Å²) < 4.78 is 0. The number of aryl methyl sites for hydroxylation is 1. The van der Waals surface area contributed by atoms with Gasteiger partial charge in [-0.25, -0.2) is 0 Å². The summed E-state index contributed by atoms with van der Waals surface area (Å²) in [5.41, 5.74) is 5.07. The highest BCUT2D eigenvalue weighted by Crippen LogP contribution is 2.35. The number of rotatable bonds is 2. The lowest BCUT2D eigenvalue weighted by Crippen LogP contribution is -2.12. The molecular formula is C17H18O. The maximum absolute atomic E-state index is 10.5. The lowest BCUT2D eigenvalue weighted by molar-refractivity contribution is 0.113. The van der Waals surface area contributed by atoms with Gasteiger partial charge in [0.15, 0.2) is 0 Å². The number of aliphatic hydroxyl groups excluding tert-OH is 1. The third-order valence-corrected chi connectivity index (χ3v) is 3.95. The molecular weight excluding hydrogens is 220 g/mol. The molecule has 1 unspecified atom stereocenters. The van der Waals surface area contributed by atoms with Crippen LogP contribution in [0.3, 0.4) is 0 Å². The van der Waals surface area contributed by atoms with Gasteiger partial charge >= 0.3 is 0 Å². The summed E-state index contributed by atoms with van der Waals surface area (Å²) in [6.45, 7) is 2.07. The molecule has 0 spiro atoms. The van der Waals surface area contributed by atoms with Crippen molar-refractivity contribution < 1.29 is 5.11 Å². The summed E-state index contributed by atoms with van der Waals surface area (Å²) in [7, 11) is 0. The molecule has 1 N–H and O–H groups in total. The number of fused-ring (bicyclic) bond motifs is 1. The second kappa shape index (κ2) is 4.58. The Kier molecular flexibility index (Phi) is 2.92. The van der Waals surface area contributed by atoms with E-state index in [2.05, 4.69) is 43.3 Å². The van der Waals surface area contributed by atoms with Crippen molar-refractivity contribution in [3.05, 3.63) is 70.8 Å². The predicted octanol–water partition coefficient (Wildman–Crippen LogP) is 3.44. The fourth-order valence-electron chi connectivity index (χ4n) is 2.85. The van der Waals surface area contributed by atoms with E-state index >= 15 is 0 Å². The molecule has 0 amide bonds. The molecule has 2 aromatic carbocycles. The van der Waals surface area contributed by atoms with Crippen molar-refractivity contribution in [3.8, 4) is 0 Å². The summed E-state index contributed by atoms with van der Waals surface area (Å²) in [6, 6.07) is 16.8. The molecule has 3 rings (SSSR count). The van der Waals surface area contributed by atoms with Crippen molar-refractivity contribution in [2.24, 2.45) is 5.92 Å². The third kappa shape index (κ3) is 2.06. The zero-order valence-corrected chi connectivity index (χ0v) is 10.6. The molecule has 1 aliphatic carbocycles. The van der Waals surface area contributed by atoms with Crippen LogP contribution in [-0.2, 0) is 12.8 Å². The first-order valence-electron chi connectivity index (χ1n) is 6.55. The van der Waals surface area contributed by atoms with Gasteiger partial charge in [0.05, 0.1) is 6.10 Å². The number of hydrogen-bond donors (Lipinski definition) is 1. The number of aliphatic hydroxyl groups is 1. The van der Waals surface area contributed by atoms with Gasteiger partial charge in [-0.05, 0) is 42.4 Å². The van der Waals surface area contributed by atoms with Gasteiger partial charge in [-0.15, -0.1) is 0 Å². The van der Waals surface area contributed by atoms with Gasteiger partial charge in [0.1, 0.15) is 0 Å². The maximum atomic E-state index is 10.5. The second-order valence-electron chi connectivity index (χ2n) is 5.29. The molecule has 1 nitrogen and oxygen atoms in total. The minimum Gasteiger partial charge on any atom is -0.388 e. The molecule has 0 heterocycles. The van der Waals surface area contributed by atoms with E-state index in [1.54, 1.807) is 0 Å². The third-order valence-electron chi connectivity index (χ3n) is 3.95. The number of hydrogen-bond acceptors (Lipinski definition) is 1. The SMILES string of the molecule is Cc1ccc(C(O)C2Cc3ccccc3C2)cc1. The standard InChI is InChI=1S/C17H18O/c1-12-6-8-13(9-7-12)17(18)16-10-14-4-2-3-5-15(14)11-16/h2-9,16-18H,10-11H2,1H3. The van der Waals surface area contributed by atoms with Gasteiger partial charge in [-0.1, -0.05) is 54.1 Å². The van der Waals surface area contributed by atoms with Gasteiger partial charge in [0, 0.05) is 0 Å². The molecule has 1 heteroatoms. The average Bonchev–Trinajstić information content (AvgIpc) is 2.82. The fourth-order valence-corrected chi connectivity index (χ4v) is 2.85. The summed E-state index contributed by atoms with van der Waals surface area (Å²) in [5, 5.41) is 10.5. The van der Waals surface area contributed by atoms with Gasteiger partial charge in [-0.3, -0.25) is 0 Å². The normalized spacial score (nSPS) is 16.6. The molecule has 0 saturated carbocycles. The maximum Gasteiger partial charge on any atom is 0.0824 e. The van der Waals surface area contributed by atoms with Gasteiger partial charge in [0.25, 0.3) is 0 Å². The first-order valence-corrected chi connectivity index (χ1v) is 6.55. The van der Waals surface area contributed by atoms with Crippen molar-refractivity contribution in [3.63, 3.8) is 0 Å². The molecule has 1 atom stereocenters. The molecule has 92 valence electrons. The summed E-state index contributed by atoms with van der Waals surface area (Å²) in [4.78, 5) is 0. The predicted molar refractivity (Wildman–Crippen MR) is 73.5 cm³/mol. The highest BCUT2D eigenvalue weighted by Gasteiger charge is 2.27.